The van der Waals surface area contributed by atoms with Crippen molar-refractivity contribution in [2.24, 2.45) is 0 Å². The molecule has 0 unspecified atom stereocenters. The molecule has 0 aliphatic heterocycles. The van der Waals surface area contributed by atoms with Gasteiger partial charge in [0.15, 0.2) is 5.65 Å². The van der Waals surface area contributed by atoms with Gasteiger partial charge < -0.3 is 0 Å². The molecule has 0 saturated heterocycles. The standard InChI is InChI=1S/C23H26N4S.ClH/c1-6-17(7-2)18-13-15(4)26-27-21(16(5)25-23(18)27)22-14(3)12-20(28-22)19-10-8-9-11-24-19;/h8-13,17H,6-7H2,1-5H3;1H. The van der Waals surface area contributed by atoms with Crippen molar-refractivity contribution in [1.29, 1.82) is 0 Å². The normalized spacial score (nSPS) is 11.2. The highest BCUT2D eigenvalue weighted by Crippen LogP contribution is 2.39. The van der Waals surface area contributed by atoms with Crippen molar-refractivity contribution < 1.29 is 0 Å². The first-order chi connectivity index (χ1) is 13.5. The molecule has 4 aromatic rings. The van der Waals surface area contributed by atoms with Gasteiger partial charge in [-0.05, 0) is 69.4 Å². The number of halogens is 1. The molecule has 6 heteroatoms. The second kappa shape index (κ2) is 8.64. The fourth-order valence-corrected chi connectivity index (χ4v) is 5.15. The second-order valence-corrected chi connectivity index (χ2v) is 8.43. The number of aromatic nitrogens is 4. The summed E-state index contributed by atoms with van der Waals surface area (Å²) in [5, 5.41) is 4.85. The quantitative estimate of drug-likeness (QED) is 0.353. The van der Waals surface area contributed by atoms with Crippen LogP contribution in [0.5, 0.6) is 0 Å². The maximum Gasteiger partial charge on any atom is 0.158 e. The predicted molar refractivity (Wildman–Crippen MR) is 124 cm³/mol. The molecule has 0 bridgehead atoms. The third-order valence-corrected chi connectivity index (χ3v) is 6.65. The Hall–Kier alpha value is -2.24. The van der Waals surface area contributed by atoms with Crippen LogP contribution in [0, 0.1) is 20.8 Å². The first-order valence-corrected chi connectivity index (χ1v) is 10.7. The summed E-state index contributed by atoms with van der Waals surface area (Å²) < 4.78 is 2.07. The molecule has 4 heterocycles. The summed E-state index contributed by atoms with van der Waals surface area (Å²) in [6.45, 7) is 10.8. The minimum Gasteiger partial charge on any atom is -0.255 e. The van der Waals surface area contributed by atoms with Crippen LogP contribution in [0.2, 0.25) is 0 Å². The lowest BCUT2D eigenvalue weighted by Gasteiger charge is -2.14. The largest absolute Gasteiger partial charge is 0.255 e. The predicted octanol–water partition coefficient (Wildman–Crippen LogP) is 6.77. The Labute approximate surface area is 182 Å². The summed E-state index contributed by atoms with van der Waals surface area (Å²) in [5.41, 5.74) is 7.73. The highest BCUT2D eigenvalue weighted by atomic mass is 35.5. The number of thiophene rings is 1. The van der Waals surface area contributed by atoms with Crippen molar-refractivity contribution in [3.05, 3.63) is 59.0 Å². The Morgan fingerprint density at radius 2 is 1.83 bits per heavy atom. The number of aryl methyl sites for hydroxylation is 3. The monoisotopic (exact) mass is 426 g/mol. The fourth-order valence-electron chi connectivity index (χ4n) is 3.92. The summed E-state index contributed by atoms with van der Waals surface area (Å²) >= 11 is 1.77. The van der Waals surface area contributed by atoms with Crippen LogP contribution in [-0.2, 0) is 0 Å². The maximum atomic E-state index is 4.96. The van der Waals surface area contributed by atoms with Crippen LogP contribution >= 0.6 is 23.7 Å². The van der Waals surface area contributed by atoms with E-state index in [4.69, 9.17) is 10.1 Å². The van der Waals surface area contributed by atoms with Crippen molar-refractivity contribution >= 4 is 29.4 Å². The molecule has 4 rings (SSSR count). The van der Waals surface area contributed by atoms with Crippen LogP contribution in [-0.4, -0.2) is 19.6 Å². The van der Waals surface area contributed by atoms with Crippen LogP contribution in [0.3, 0.4) is 0 Å². The molecule has 0 fully saturated rings. The van der Waals surface area contributed by atoms with Crippen molar-refractivity contribution in [3.8, 4) is 21.1 Å². The lowest BCUT2D eigenvalue weighted by molar-refractivity contribution is 0.638. The van der Waals surface area contributed by atoms with Gasteiger partial charge >= 0.3 is 0 Å². The van der Waals surface area contributed by atoms with E-state index in [1.807, 2.05) is 18.3 Å². The van der Waals surface area contributed by atoms with Gasteiger partial charge in [-0.25, -0.2) is 9.50 Å². The molecule has 0 spiro atoms. The van der Waals surface area contributed by atoms with E-state index in [2.05, 4.69) is 62.3 Å². The van der Waals surface area contributed by atoms with E-state index in [-0.39, 0.29) is 12.4 Å². The number of hydrogen-bond acceptors (Lipinski definition) is 4. The lowest BCUT2D eigenvalue weighted by Crippen LogP contribution is -2.05. The first-order valence-electron chi connectivity index (χ1n) is 9.92. The highest BCUT2D eigenvalue weighted by molar-refractivity contribution is 7.19. The molecule has 0 N–H and O–H groups in total. The zero-order valence-electron chi connectivity index (χ0n) is 17.6. The molecule has 0 aromatic carbocycles. The zero-order chi connectivity index (χ0) is 19.8. The maximum absolute atomic E-state index is 4.96. The first kappa shape index (κ1) is 21.5. The molecule has 0 aliphatic carbocycles. The summed E-state index contributed by atoms with van der Waals surface area (Å²) in [6.07, 6.45) is 4.06. The molecule has 0 radical (unpaired) electrons. The molecular weight excluding hydrogens is 400 g/mol. The van der Waals surface area contributed by atoms with E-state index in [9.17, 15) is 0 Å². The van der Waals surface area contributed by atoms with Gasteiger partial charge in [-0.3, -0.25) is 4.98 Å². The molecule has 0 saturated carbocycles. The van der Waals surface area contributed by atoms with E-state index < -0.39 is 0 Å². The summed E-state index contributed by atoms with van der Waals surface area (Å²) in [6, 6.07) is 10.5. The van der Waals surface area contributed by atoms with E-state index in [0.29, 0.717) is 5.92 Å². The van der Waals surface area contributed by atoms with Gasteiger partial charge in [-0.15, -0.1) is 23.7 Å². The average molecular weight is 427 g/mol. The van der Waals surface area contributed by atoms with Crippen molar-refractivity contribution in [3.63, 3.8) is 0 Å². The average Bonchev–Trinajstić information content (AvgIpc) is 3.22. The Balaban J connectivity index is 0.00000240. The molecule has 29 heavy (non-hydrogen) atoms. The van der Waals surface area contributed by atoms with Gasteiger partial charge in [0.25, 0.3) is 0 Å². The van der Waals surface area contributed by atoms with Gasteiger partial charge in [0.1, 0.15) is 5.69 Å². The summed E-state index contributed by atoms with van der Waals surface area (Å²) in [5.74, 6) is 0.507. The number of rotatable bonds is 5. The highest BCUT2D eigenvalue weighted by Gasteiger charge is 2.22. The van der Waals surface area contributed by atoms with Gasteiger partial charge in [0, 0.05) is 11.8 Å². The van der Waals surface area contributed by atoms with E-state index in [1.165, 1.54) is 20.9 Å². The molecule has 152 valence electrons. The van der Waals surface area contributed by atoms with E-state index in [1.54, 1.807) is 11.3 Å². The molecule has 0 aliphatic rings. The Bertz CT molecular complexity index is 1130. The van der Waals surface area contributed by atoms with Crippen LogP contribution in [0.4, 0.5) is 0 Å². The molecule has 4 aromatic heterocycles. The van der Waals surface area contributed by atoms with Crippen LogP contribution in [0.25, 0.3) is 26.8 Å². The number of hydrogen-bond donors (Lipinski definition) is 0. The smallest absolute Gasteiger partial charge is 0.158 e. The molecular formula is C23H27ClN4S. The van der Waals surface area contributed by atoms with Crippen molar-refractivity contribution in [1.82, 2.24) is 19.6 Å². The molecule has 0 atom stereocenters. The Kier molecular flexibility index (Phi) is 6.39. The van der Waals surface area contributed by atoms with Gasteiger partial charge in [0.2, 0.25) is 0 Å². The number of fused-ring (bicyclic) bond motifs is 1. The minimum absolute atomic E-state index is 0. The third-order valence-electron chi connectivity index (χ3n) is 5.38. The van der Waals surface area contributed by atoms with Crippen molar-refractivity contribution in [2.45, 2.75) is 53.4 Å². The second-order valence-electron chi connectivity index (χ2n) is 7.37. The Morgan fingerprint density at radius 3 is 2.48 bits per heavy atom. The van der Waals surface area contributed by atoms with Crippen LogP contribution in [0.1, 0.15) is 55.1 Å². The topological polar surface area (TPSA) is 43.1 Å². The van der Waals surface area contributed by atoms with E-state index >= 15 is 0 Å². The molecule has 0 amide bonds. The van der Waals surface area contributed by atoms with Crippen LogP contribution < -0.4 is 0 Å². The van der Waals surface area contributed by atoms with Gasteiger partial charge in [-0.2, -0.15) is 5.10 Å². The van der Waals surface area contributed by atoms with Crippen LogP contribution in [0.15, 0.2) is 36.5 Å². The SMILES string of the molecule is CCC(CC)c1cc(C)nn2c(-c3sc(-c4ccccn4)cc3C)c(C)nc12.Cl. The minimum atomic E-state index is 0. The zero-order valence-corrected chi connectivity index (χ0v) is 19.2. The number of pyridine rings is 1. The third kappa shape index (κ3) is 3.81. The summed E-state index contributed by atoms with van der Waals surface area (Å²) in [7, 11) is 0. The van der Waals surface area contributed by atoms with Gasteiger partial charge in [0.05, 0.1) is 26.8 Å². The van der Waals surface area contributed by atoms with E-state index in [0.717, 1.165) is 41.3 Å². The Morgan fingerprint density at radius 1 is 1.07 bits per heavy atom. The summed E-state index contributed by atoms with van der Waals surface area (Å²) in [4.78, 5) is 11.9. The van der Waals surface area contributed by atoms with Crippen molar-refractivity contribution in [2.75, 3.05) is 0 Å². The van der Waals surface area contributed by atoms with Gasteiger partial charge in [-0.1, -0.05) is 19.9 Å². The number of nitrogens with zero attached hydrogens (tertiary/aromatic N) is 4. The number of imidazole rings is 1. The fraction of sp³-hybridized carbons (Fsp3) is 0.348. The lowest BCUT2D eigenvalue weighted by atomic mass is 9.95. The molecule has 4 nitrogen and oxygen atoms in total.